The van der Waals surface area contributed by atoms with Gasteiger partial charge in [-0.05, 0) is 42.5 Å². The fourth-order valence-electron chi connectivity index (χ4n) is 2.98. The van der Waals surface area contributed by atoms with Crippen molar-refractivity contribution in [1.82, 2.24) is 14.8 Å². The second-order valence-electron chi connectivity index (χ2n) is 6.49. The van der Waals surface area contributed by atoms with Gasteiger partial charge in [0.15, 0.2) is 11.0 Å². The fourth-order valence-corrected chi connectivity index (χ4v) is 3.74. The van der Waals surface area contributed by atoms with Crippen molar-refractivity contribution in [3.8, 4) is 23.1 Å². The number of rotatable bonds is 6. The highest BCUT2D eigenvalue weighted by molar-refractivity contribution is 7.99. The number of hydrogen-bond acceptors (Lipinski definition) is 5. The average Bonchev–Trinajstić information content (AvgIpc) is 3.22. The lowest BCUT2D eigenvalue weighted by Crippen LogP contribution is -2.14. The summed E-state index contributed by atoms with van der Waals surface area (Å²) in [6, 6.07) is 24.4. The molecule has 1 amide bonds. The second kappa shape index (κ2) is 9.24. The van der Waals surface area contributed by atoms with E-state index in [-0.39, 0.29) is 11.7 Å². The Labute approximate surface area is 182 Å². The maximum Gasteiger partial charge on any atom is 0.234 e. The Morgan fingerprint density at radius 3 is 2.58 bits per heavy atom. The zero-order chi connectivity index (χ0) is 21.6. The van der Waals surface area contributed by atoms with Gasteiger partial charge >= 0.3 is 0 Å². The smallest absolute Gasteiger partial charge is 0.234 e. The number of anilines is 1. The third-order valence-electron chi connectivity index (χ3n) is 4.37. The number of carbonyl (C=O) groups excluding carboxylic acids is 1. The van der Waals surface area contributed by atoms with Crippen molar-refractivity contribution in [1.29, 1.82) is 5.26 Å². The van der Waals surface area contributed by atoms with E-state index in [0.717, 1.165) is 5.69 Å². The number of benzene rings is 3. The first kappa shape index (κ1) is 20.3. The number of para-hydroxylation sites is 1. The molecule has 0 aliphatic carbocycles. The van der Waals surface area contributed by atoms with E-state index in [0.29, 0.717) is 27.8 Å². The Morgan fingerprint density at radius 2 is 1.81 bits per heavy atom. The number of carbonyl (C=O) groups is 1. The zero-order valence-corrected chi connectivity index (χ0v) is 17.0. The normalized spacial score (nSPS) is 10.5. The van der Waals surface area contributed by atoms with Crippen LogP contribution in [-0.2, 0) is 4.79 Å². The maximum absolute atomic E-state index is 14.4. The summed E-state index contributed by atoms with van der Waals surface area (Å²) in [5, 5.41) is 20.6. The number of halogens is 1. The largest absolute Gasteiger partial charge is 0.325 e. The van der Waals surface area contributed by atoms with Gasteiger partial charge in [-0.1, -0.05) is 48.2 Å². The van der Waals surface area contributed by atoms with Gasteiger partial charge in [0.25, 0.3) is 0 Å². The molecule has 3 aromatic carbocycles. The van der Waals surface area contributed by atoms with Gasteiger partial charge in [0.1, 0.15) is 5.82 Å². The van der Waals surface area contributed by atoms with E-state index in [2.05, 4.69) is 15.5 Å². The fraction of sp³-hybridized carbons (Fsp3) is 0.0435. The minimum absolute atomic E-state index is 0.0685. The summed E-state index contributed by atoms with van der Waals surface area (Å²) < 4.78 is 16.2. The molecule has 1 heterocycles. The van der Waals surface area contributed by atoms with Crippen LogP contribution in [0.1, 0.15) is 5.56 Å². The molecule has 0 saturated carbocycles. The highest BCUT2D eigenvalue weighted by Gasteiger charge is 2.19. The molecule has 0 saturated heterocycles. The summed E-state index contributed by atoms with van der Waals surface area (Å²) in [7, 11) is 0. The van der Waals surface area contributed by atoms with Crippen molar-refractivity contribution in [2.24, 2.45) is 0 Å². The van der Waals surface area contributed by atoms with Crippen molar-refractivity contribution in [3.05, 3.63) is 90.2 Å². The molecular weight excluding hydrogens is 413 g/mol. The van der Waals surface area contributed by atoms with Crippen LogP contribution in [0.3, 0.4) is 0 Å². The molecule has 1 N–H and O–H groups in total. The summed E-state index contributed by atoms with van der Waals surface area (Å²) in [5.41, 5.74) is 2.09. The third kappa shape index (κ3) is 4.63. The number of amides is 1. The molecule has 4 rings (SSSR count). The van der Waals surface area contributed by atoms with Crippen LogP contribution in [0.2, 0.25) is 0 Å². The van der Waals surface area contributed by atoms with Gasteiger partial charge in [0.2, 0.25) is 5.91 Å². The van der Waals surface area contributed by atoms with Crippen LogP contribution < -0.4 is 5.32 Å². The SMILES string of the molecule is N#Cc1cccc(NC(=O)CSc2nnc(-c3ccccc3F)n2-c2ccccc2)c1. The molecule has 4 aromatic rings. The molecule has 1 aromatic heterocycles. The molecule has 0 unspecified atom stereocenters. The molecule has 0 bridgehead atoms. The van der Waals surface area contributed by atoms with Crippen molar-refractivity contribution in [2.75, 3.05) is 11.1 Å². The molecule has 8 heteroatoms. The number of nitrogens with zero attached hydrogens (tertiary/aromatic N) is 4. The maximum atomic E-state index is 14.4. The van der Waals surface area contributed by atoms with Crippen molar-refractivity contribution in [3.63, 3.8) is 0 Å². The Hall–Kier alpha value is -3.96. The summed E-state index contributed by atoms with van der Waals surface area (Å²) >= 11 is 1.19. The van der Waals surface area contributed by atoms with Gasteiger partial charge in [-0.25, -0.2) is 4.39 Å². The number of aromatic nitrogens is 3. The first-order valence-corrected chi connectivity index (χ1v) is 10.3. The van der Waals surface area contributed by atoms with E-state index in [1.54, 1.807) is 47.0 Å². The molecule has 0 aliphatic rings. The summed E-state index contributed by atoms with van der Waals surface area (Å²) in [4.78, 5) is 12.4. The molecule has 31 heavy (non-hydrogen) atoms. The highest BCUT2D eigenvalue weighted by Crippen LogP contribution is 2.29. The van der Waals surface area contributed by atoms with Crippen LogP contribution in [0.5, 0.6) is 0 Å². The predicted molar refractivity (Wildman–Crippen MR) is 117 cm³/mol. The molecule has 0 atom stereocenters. The Balaban J connectivity index is 1.59. The number of thioether (sulfide) groups is 1. The summed E-state index contributed by atoms with van der Waals surface area (Å²) in [5.74, 6) is -0.234. The lowest BCUT2D eigenvalue weighted by Gasteiger charge is -2.11. The van der Waals surface area contributed by atoms with E-state index in [9.17, 15) is 9.18 Å². The van der Waals surface area contributed by atoms with Crippen molar-refractivity contribution in [2.45, 2.75) is 5.16 Å². The predicted octanol–water partition coefficient (Wildman–Crippen LogP) is 4.68. The van der Waals surface area contributed by atoms with E-state index in [1.165, 1.54) is 17.8 Å². The van der Waals surface area contributed by atoms with Crippen LogP contribution in [0.15, 0.2) is 84.0 Å². The Kier molecular flexibility index (Phi) is 6.05. The Bertz CT molecular complexity index is 1270. The van der Waals surface area contributed by atoms with Gasteiger partial charge in [0.05, 0.1) is 22.9 Å². The van der Waals surface area contributed by atoms with E-state index >= 15 is 0 Å². The highest BCUT2D eigenvalue weighted by atomic mass is 32.2. The van der Waals surface area contributed by atoms with Crippen LogP contribution in [-0.4, -0.2) is 26.4 Å². The molecule has 0 aliphatic heterocycles. The van der Waals surface area contributed by atoms with Gasteiger partial charge < -0.3 is 5.32 Å². The first-order chi connectivity index (χ1) is 15.2. The lowest BCUT2D eigenvalue weighted by molar-refractivity contribution is -0.113. The topological polar surface area (TPSA) is 83.6 Å². The molecule has 6 nitrogen and oxygen atoms in total. The molecule has 0 radical (unpaired) electrons. The molecular formula is C23H16FN5OS. The molecule has 0 spiro atoms. The standard InChI is InChI=1S/C23H16FN5OS/c24-20-12-5-4-11-19(20)22-27-28-23(29(22)18-9-2-1-3-10-18)31-15-21(30)26-17-8-6-7-16(13-17)14-25/h1-13H,15H2,(H,26,30). The Morgan fingerprint density at radius 1 is 1.03 bits per heavy atom. The monoisotopic (exact) mass is 429 g/mol. The van der Waals surface area contributed by atoms with Crippen LogP contribution >= 0.6 is 11.8 Å². The van der Waals surface area contributed by atoms with Gasteiger partial charge in [-0.15, -0.1) is 10.2 Å². The number of nitrogens with one attached hydrogen (secondary N) is 1. The van der Waals surface area contributed by atoms with Crippen LogP contribution in [0.4, 0.5) is 10.1 Å². The molecule has 0 fully saturated rings. The van der Waals surface area contributed by atoms with Gasteiger partial charge in [0, 0.05) is 11.4 Å². The number of hydrogen-bond donors (Lipinski definition) is 1. The second-order valence-corrected chi connectivity index (χ2v) is 7.43. The van der Waals surface area contributed by atoms with E-state index in [4.69, 9.17) is 5.26 Å². The summed E-state index contributed by atoms with van der Waals surface area (Å²) in [6.07, 6.45) is 0. The number of nitriles is 1. The van der Waals surface area contributed by atoms with Crippen molar-refractivity contribution < 1.29 is 9.18 Å². The van der Waals surface area contributed by atoms with E-state index < -0.39 is 5.82 Å². The van der Waals surface area contributed by atoms with Crippen LogP contribution in [0, 0.1) is 17.1 Å². The van der Waals surface area contributed by atoms with Gasteiger partial charge in [-0.2, -0.15) is 5.26 Å². The van der Waals surface area contributed by atoms with Crippen LogP contribution in [0.25, 0.3) is 17.1 Å². The quantitative estimate of drug-likeness (QED) is 0.450. The minimum atomic E-state index is -0.404. The average molecular weight is 429 g/mol. The van der Waals surface area contributed by atoms with Gasteiger partial charge in [-0.3, -0.25) is 9.36 Å². The minimum Gasteiger partial charge on any atom is -0.325 e. The third-order valence-corrected chi connectivity index (χ3v) is 5.30. The first-order valence-electron chi connectivity index (χ1n) is 9.34. The van der Waals surface area contributed by atoms with Crippen molar-refractivity contribution >= 4 is 23.4 Å². The molecule has 152 valence electrons. The lowest BCUT2D eigenvalue weighted by atomic mass is 10.2. The summed E-state index contributed by atoms with van der Waals surface area (Å²) in [6.45, 7) is 0. The zero-order valence-electron chi connectivity index (χ0n) is 16.2. The van der Waals surface area contributed by atoms with E-state index in [1.807, 2.05) is 36.4 Å².